The summed E-state index contributed by atoms with van der Waals surface area (Å²) in [5.41, 5.74) is -0.908. The Labute approximate surface area is 319 Å². The molecule has 286 valence electrons. The molecule has 0 saturated carbocycles. The first kappa shape index (κ1) is 32.5. The topological polar surface area (TPSA) is 270 Å². The molecule has 11 aromatic rings. The average molecular weight is 855 g/mol. The minimum Gasteiger partial charge on any atom is -0.378 e. The van der Waals surface area contributed by atoms with E-state index in [2.05, 4.69) is 9.97 Å². The molecule has 0 fully saturated rings. The van der Waals surface area contributed by atoms with E-state index in [1.54, 1.807) is 0 Å². The number of pyridine rings is 2. The highest BCUT2D eigenvalue weighted by atomic mass is 32.2. The van der Waals surface area contributed by atoms with Crippen LogP contribution in [0.4, 0.5) is 0 Å². The van der Waals surface area contributed by atoms with Crippen molar-refractivity contribution in [3.8, 4) is 11.5 Å². The van der Waals surface area contributed by atoms with Crippen LogP contribution in [-0.2, 0) is 40.5 Å². The third-order valence-corrected chi connectivity index (χ3v) is 15.7. The van der Waals surface area contributed by atoms with Crippen molar-refractivity contribution < 1.29 is 51.1 Å². The number of benzene rings is 7. The average Bonchev–Trinajstić information content (AvgIpc) is 3.73. The molecule has 0 amide bonds. The Morgan fingerprint density at radius 1 is 0.500 bits per heavy atom. The highest BCUT2D eigenvalue weighted by molar-refractivity contribution is 7.88. The molecule has 2 aliphatic rings. The van der Waals surface area contributed by atoms with Gasteiger partial charge in [-0.05, 0) is 60.7 Å². The molecule has 0 atom stereocenters. The molecule has 6 heterocycles. The van der Waals surface area contributed by atoms with Crippen LogP contribution < -0.4 is 19.5 Å². The lowest BCUT2D eigenvalue weighted by atomic mass is 9.85. The molecule has 4 N–H and O–H groups in total. The Balaban J connectivity index is 1.33. The fourth-order valence-corrected chi connectivity index (χ4v) is 12.6. The van der Waals surface area contributed by atoms with Gasteiger partial charge in [-0.3, -0.25) is 27.5 Å². The number of hydrogen-bond donors (Lipinski definition) is 4. The molecule has 22 heteroatoms. The van der Waals surface area contributed by atoms with Gasteiger partial charge in [0.1, 0.15) is 21.1 Å². The van der Waals surface area contributed by atoms with Crippen molar-refractivity contribution in [3.63, 3.8) is 0 Å². The molecular formula is C36H14N4O14S4. The third-order valence-electron chi connectivity index (χ3n) is 11.4. The molecule has 18 nitrogen and oxygen atoms in total. The van der Waals surface area contributed by atoms with Crippen molar-refractivity contribution in [2.45, 2.75) is 19.6 Å². The molecule has 0 saturated heterocycles. The first-order chi connectivity index (χ1) is 27.3. The zero-order chi connectivity index (χ0) is 40.1. The molecule has 4 aromatic heterocycles. The Bertz CT molecular complexity index is 4490. The second-order valence-electron chi connectivity index (χ2n) is 14.3. The highest BCUT2D eigenvalue weighted by Gasteiger charge is 2.40. The van der Waals surface area contributed by atoms with Crippen molar-refractivity contribution in [2.75, 3.05) is 0 Å². The summed E-state index contributed by atoms with van der Waals surface area (Å²) in [6.45, 7) is 0. The van der Waals surface area contributed by atoms with Crippen molar-refractivity contribution in [3.05, 3.63) is 81.4 Å². The van der Waals surface area contributed by atoms with E-state index >= 15 is 0 Å². The first-order valence-corrected chi connectivity index (χ1v) is 22.5. The van der Waals surface area contributed by atoms with Crippen LogP contribution in [0.5, 0.6) is 11.5 Å². The molecular weight excluding hydrogens is 841 g/mol. The monoisotopic (exact) mass is 854 g/mol. The number of nitrogens with zero attached hydrogens (tertiary/aromatic N) is 2. The molecule has 0 aliphatic carbocycles. The third kappa shape index (κ3) is 3.52. The smallest absolute Gasteiger partial charge is 0.339 e. The first-order valence-electron chi connectivity index (χ1n) is 16.8. The number of fused-ring (bicyclic) bond motifs is 8. The van der Waals surface area contributed by atoms with E-state index in [0.717, 1.165) is 39.1 Å². The summed E-state index contributed by atoms with van der Waals surface area (Å²) in [4.78, 5) is 33.4. The molecule has 0 spiro atoms. The van der Waals surface area contributed by atoms with Gasteiger partial charge in [-0.25, -0.2) is 0 Å². The SMILES string of the molecule is O=c1c2cc3c4c5c(cc6c(=O)n7c8cc(S(=O)(=O)O)ccc8[nH]c7c7cc8c(c9c(cc(c2c94)c2[nH]c4ccc(S(=O)(=O)O)cc4n12)OS8(=O)=O)c5c67)OS3(=O)=O. The summed E-state index contributed by atoms with van der Waals surface area (Å²) < 4.78 is 139. The molecule has 7 aromatic carbocycles. The van der Waals surface area contributed by atoms with Crippen molar-refractivity contribution in [2.24, 2.45) is 0 Å². The van der Waals surface area contributed by atoms with E-state index in [0.29, 0.717) is 0 Å². The maximum Gasteiger partial charge on any atom is 0.339 e. The van der Waals surface area contributed by atoms with Crippen molar-refractivity contribution in [1.29, 1.82) is 0 Å². The van der Waals surface area contributed by atoms with Crippen LogP contribution in [0.3, 0.4) is 0 Å². The summed E-state index contributed by atoms with van der Waals surface area (Å²) in [5, 5.41) is 1.23. The zero-order valence-electron chi connectivity index (χ0n) is 28.1. The van der Waals surface area contributed by atoms with Gasteiger partial charge in [0.25, 0.3) is 31.4 Å². The van der Waals surface area contributed by atoms with E-state index < -0.39 is 66.3 Å². The van der Waals surface area contributed by atoms with Gasteiger partial charge in [0.15, 0.2) is 11.5 Å². The van der Waals surface area contributed by atoms with Gasteiger partial charge >= 0.3 is 20.2 Å². The van der Waals surface area contributed by atoms with Gasteiger partial charge in [-0.2, -0.15) is 33.7 Å². The highest BCUT2D eigenvalue weighted by Crippen LogP contribution is 2.57. The largest absolute Gasteiger partial charge is 0.378 e. The Morgan fingerprint density at radius 2 is 0.897 bits per heavy atom. The second kappa shape index (κ2) is 9.25. The van der Waals surface area contributed by atoms with Gasteiger partial charge in [0, 0.05) is 53.9 Å². The molecule has 13 rings (SSSR count). The van der Waals surface area contributed by atoms with E-state index in [1.165, 1.54) is 30.3 Å². The van der Waals surface area contributed by atoms with Gasteiger partial charge in [-0.1, -0.05) is 0 Å². The summed E-state index contributed by atoms with van der Waals surface area (Å²) in [5.74, 6) is -0.549. The van der Waals surface area contributed by atoms with Crippen molar-refractivity contribution in [1.82, 2.24) is 18.8 Å². The number of H-pyrrole nitrogens is 2. The number of nitrogens with one attached hydrogen (secondary N) is 2. The van der Waals surface area contributed by atoms with Gasteiger partial charge in [0.05, 0.1) is 42.6 Å². The Morgan fingerprint density at radius 3 is 1.34 bits per heavy atom. The van der Waals surface area contributed by atoms with Crippen LogP contribution in [0.15, 0.2) is 89.8 Å². The zero-order valence-corrected chi connectivity index (χ0v) is 31.4. The summed E-state index contributed by atoms with van der Waals surface area (Å²) in [6, 6.07) is 12.0. The van der Waals surface area contributed by atoms with Crippen LogP contribution in [0, 0.1) is 0 Å². The van der Waals surface area contributed by atoms with Gasteiger partial charge in [-0.15, -0.1) is 0 Å². The number of hydrogen-bond acceptors (Lipinski definition) is 12. The quantitative estimate of drug-likeness (QED) is 0.0816. The molecule has 0 bridgehead atoms. The van der Waals surface area contributed by atoms with Crippen LogP contribution in [-0.4, -0.2) is 61.5 Å². The van der Waals surface area contributed by atoms with E-state index in [-0.39, 0.29) is 114 Å². The lowest BCUT2D eigenvalue weighted by Gasteiger charge is -2.28. The number of aromatic amines is 2. The molecule has 2 aliphatic heterocycles. The maximum atomic E-state index is 14.6. The molecule has 0 unspecified atom stereocenters. The Kier molecular flexibility index (Phi) is 5.19. The van der Waals surface area contributed by atoms with Crippen LogP contribution in [0.25, 0.3) is 98.0 Å². The maximum absolute atomic E-state index is 14.6. The number of rotatable bonds is 2. The number of aromatic nitrogens is 4. The van der Waals surface area contributed by atoms with E-state index in [9.17, 15) is 52.4 Å². The van der Waals surface area contributed by atoms with Crippen LogP contribution in [0.2, 0.25) is 0 Å². The van der Waals surface area contributed by atoms with Crippen LogP contribution in [0.1, 0.15) is 0 Å². The lowest BCUT2D eigenvalue weighted by Crippen LogP contribution is -2.21. The summed E-state index contributed by atoms with van der Waals surface area (Å²) >= 11 is 0. The fourth-order valence-electron chi connectivity index (χ4n) is 9.30. The van der Waals surface area contributed by atoms with Crippen LogP contribution >= 0.6 is 0 Å². The Hall–Kier alpha value is -6.56. The van der Waals surface area contributed by atoms with E-state index in [1.807, 2.05) is 0 Å². The second-order valence-corrected chi connectivity index (χ2v) is 20.2. The summed E-state index contributed by atoms with van der Waals surface area (Å²) in [7, 11) is -19.0. The minimum absolute atomic E-state index is 0.00593. The van der Waals surface area contributed by atoms with Gasteiger partial charge < -0.3 is 18.3 Å². The predicted octanol–water partition coefficient (Wildman–Crippen LogP) is 4.33. The molecule has 0 radical (unpaired) electrons. The predicted molar refractivity (Wildman–Crippen MR) is 207 cm³/mol. The van der Waals surface area contributed by atoms with Crippen molar-refractivity contribution >= 4 is 138 Å². The standard InChI is InChI=1S/C36H14N4O14S4/c41-35-15-8-22-28-30-24(58(51,52)54-22)10-16-25-13(33-37-17-3-1-11(55(43,44)45)5-19(17)39(33)36(16)42)7-21-27(31(25)30)29-23(57(49,50)53-21)9-14(26(15)32(28)29)34-38-18-4-2-12(56(46,47)48)6-20(18)40(34)35/h1-10,37-38H,(H,43,44,45)(H,46,47,48). The van der Waals surface area contributed by atoms with E-state index in [4.69, 9.17) is 8.37 Å². The molecule has 58 heavy (non-hydrogen) atoms. The fraction of sp³-hybridized carbons (Fsp3) is 0. The van der Waals surface area contributed by atoms with Gasteiger partial charge in [0.2, 0.25) is 0 Å². The lowest BCUT2D eigenvalue weighted by molar-refractivity contribution is 0.481. The number of imidazole rings is 2. The minimum atomic E-state index is -4.80. The summed E-state index contributed by atoms with van der Waals surface area (Å²) in [6.07, 6.45) is 0. The normalized spacial score (nSPS) is 16.3.